The second-order valence-electron chi connectivity index (χ2n) is 5.17. The lowest BCUT2D eigenvalue weighted by Gasteiger charge is -2.28. The molecule has 0 amide bonds. The van der Waals surface area contributed by atoms with Crippen LogP contribution in [-0.4, -0.2) is 32.3 Å². The van der Waals surface area contributed by atoms with E-state index in [1.807, 2.05) is 18.2 Å². The van der Waals surface area contributed by atoms with Crippen LogP contribution in [0.1, 0.15) is 25.7 Å². The number of anilines is 1. The first kappa shape index (κ1) is 13.3. The summed E-state index contributed by atoms with van der Waals surface area (Å²) in [5.41, 5.74) is 7.73. The van der Waals surface area contributed by atoms with Crippen molar-refractivity contribution in [1.82, 2.24) is 20.2 Å². The van der Waals surface area contributed by atoms with Gasteiger partial charge in [-0.15, -0.1) is 5.10 Å². The number of nitrogens with one attached hydrogen (secondary N) is 1. The Labute approximate surface area is 122 Å². The zero-order chi connectivity index (χ0) is 13.9. The van der Waals surface area contributed by atoms with Gasteiger partial charge in [0.05, 0.1) is 16.4 Å². The maximum atomic E-state index is 6.26. The monoisotopic (exact) mass is 292 g/mol. The Morgan fingerprint density at radius 2 is 2.05 bits per heavy atom. The molecule has 3 N–H and O–H groups in total. The van der Waals surface area contributed by atoms with Gasteiger partial charge in [0, 0.05) is 12.1 Å². The fourth-order valence-corrected chi connectivity index (χ4v) is 2.70. The van der Waals surface area contributed by atoms with E-state index in [0.29, 0.717) is 17.1 Å². The van der Waals surface area contributed by atoms with Crippen LogP contribution in [0.2, 0.25) is 5.02 Å². The molecule has 0 spiro atoms. The minimum atomic E-state index is 0.344. The molecule has 1 aliphatic rings. The van der Waals surface area contributed by atoms with Crippen LogP contribution in [-0.2, 0) is 0 Å². The standard InChI is InChI=1S/C13H17ClN6/c14-12-6-5-11(20-8-16-18-19-20)7-13(12)17-10-3-1-9(15)2-4-10/h5-10,17H,1-4,15H2. The van der Waals surface area contributed by atoms with Gasteiger partial charge in [-0.25, -0.2) is 4.68 Å². The minimum absolute atomic E-state index is 0.344. The second-order valence-corrected chi connectivity index (χ2v) is 5.58. The summed E-state index contributed by atoms with van der Waals surface area (Å²) in [7, 11) is 0. The Morgan fingerprint density at radius 3 is 2.75 bits per heavy atom. The van der Waals surface area contributed by atoms with Crippen LogP contribution in [0.25, 0.3) is 5.69 Å². The minimum Gasteiger partial charge on any atom is -0.381 e. The van der Waals surface area contributed by atoms with Crippen molar-refractivity contribution >= 4 is 17.3 Å². The van der Waals surface area contributed by atoms with Crippen LogP contribution in [0.5, 0.6) is 0 Å². The fourth-order valence-electron chi connectivity index (χ4n) is 2.53. The molecule has 7 heteroatoms. The zero-order valence-electron chi connectivity index (χ0n) is 11.0. The van der Waals surface area contributed by atoms with Gasteiger partial charge >= 0.3 is 0 Å². The van der Waals surface area contributed by atoms with Crippen molar-refractivity contribution in [2.24, 2.45) is 5.73 Å². The molecule has 1 saturated carbocycles. The van der Waals surface area contributed by atoms with E-state index < -0.39 is 0 Å². The third kappa shape index (κ3) is 2.91. The first-order valence-corrected chi connectivity index (χ1v) is 7.15. The second kappa shape index (κ2) is 5.76. The summed E-state index contributed by atoms with van der Waals surface area (Å²) < 4.78 is 1.61. The van der Waals surface area contributed by atoms with Crippen molar-refractivity contribution < 1.29 is 0 Å². The predicted octanol–water partition coefficient (Wildman–Crippen LogP) is 2.00. The van der Waals surface area contributed by atoms with Gasteiger partial charge in [0.2, 0.25) is 0 Å². The van der Waals surface area contributed by atoms with E-state index >= 15 is 0 Å². The SMILES string of the molecule is NC1CCC(Nc2cc(-n3cnnn3)ccc2Cl)CC1. The topological polar surface area (TPSA) is 81.6 Å². The van der Waals surface area contributed by atoms with Gasteiger partial charge in [-0.1, -0.05) is 11.6 Å². The molecule has 20 heavy (non-hydrogen) atoms. The quantitative estimate of drug-likeness (QED) is 0.904. The molecule has 0 unspecified atom stereocenters. The highest BCUT2D eigenvalue weighted by atomic mass is 35.5. The Balaban J connectivity index is 1.77. The Kier molecular flexibility index (Phi) is 3.84. The Morgan fingerprint density at radius 1 is 1.25 bits per heavy atom. The summed E-state index contributed by atoms with van der Waals surface area (Å²) >= 11 is 6.26. The fraction of sp³-hybridized carbons (Fsp3) is 0.462. The van der Waals surface area contributed by atoms with Gasteiger partial charge < -0.3 is 11.1 Å². The van der Waals surface area contributed by atoms with Gasteiger partial charge in [-0.2, -0.15) is 0 Å². The highest BCUT2D eigenvalue weighted by molar-refractivity contribution is 6.33. The zero-order valence-corrected chi connectivity index (χ0v) is 11.8. The smallest absolute Gasteiger partial charge is 0.143 e. The molecule has 1 heterocycles. The number of tetrazole rings is 1. The highest BCUT2D eigenvalue weighted by Crippen LogP contribution is 2.28. The van der Waals surface area contributed by atoms with Crippen LogP contribution >= 0.6 is 11.6 Å². The summed E-state index contributed by atoms with van der Waals surface area (Å²) in [6.07, 6.45) is 5.83. The Hall–Kier alpha value is -1.66. The molecule has 106 valence electrons. The predicted molar refractivity (Wildman–Crippen MR) is 78.0 cm³/mol. The number of nitrogens with two attached hydrogens (primary N) is 1. The van der Waals surface area contributed by atoms with Crippen LogP contribution in [0.3, 0.4) is 0 Å². The third-order valence-corrected chi connectivity index (χ3v) is 4.02. The molecule has 2 aromatic rings. The number of rotatable bonds is 3. The molecular formula is C13H17ClN6. The van der Waals surface area contributed by atoms with Crippen LogP contribution in [0, 0.1) is 0 Å². The lowest BCUT2D eigenvalue weighted by Crippen LogP contribution is -2.32. The van der Waals surface area contributed by atoms with Crippen molar-refractivity contribution in [2.45, 2.75) is 37.8 Å². The molecule has 6 nitrogen and oxygen atoms in total. The van der Waals surface area contributed by atoms with Gasteiger partial charge in [0.15, 0.2) is 0 Å². The van der Waals surface area contributed by atoms with Crippen molar-refractivity contribution in [3.8, 4) is 5.69 Å². The normalized spacial score (nSPS) is 22.7. The number of halogens is 1. The van der Waals surface area contributed by atoms with Gasteiger partial charge in [-0.05, 0) is 54.3 Å². The molecule has 1 aromatic carbocycles. The van der Waals surface area contributed by atoms with Crippen molar-refractivity contribution in [3.05, 3.63) is 29.5 Å². The molecule has 0 aliphatic heterocycles. The molecular weight excluding hydrogens is 276 g/mol. The number of benzene rings is 1. The average molecular weight is 293 g/mol. The van der Waals surface area contributed by atoms with Crippen LogP contribution in [0.15, 0.2) is 24.5 Å². The maximum Gasteiger partial charge on any atom is 0.143 e. The molecule has 1 aliphatic carbocycles. The van der Waals surface area contributed by atoms with Crippen molar-refractivity contribution in [2.75, 3.05) is 5.32 Å². The summed E-state index contributed by atoms with van der Waals surface area (Å²) in [4.78, 5) is 0. The van der Waals surface area contributed by atoms with E-state index in [0.717, 1.165) is 37.1 Å². The van der Waals surface area contributed by atoms with Crippen molar-refractivity contribution in [3.63, 3.8) is 0 Å². The van der Waals surface area contributed by atoms with Crippen LogP contribution < -0.4 is 11.1 Å². The van der Waals surface area contributed by atoms with E-state index in [1.165, 1.54) is 0 Å². The molecule has 1 aromatic heterocycles. The first-order valence-electron chi connectivity index (χ1n) is 6.77. The number of nitrogens with zero attached hydrogens (tertiary/aromatic N) is 4. The maximum absolute atomic E-state index is 6.26. The summed E-state index contributed by atoms with van der Waals surface area (Å²) in [6, 6.07) is 6.48. The molecule has 0 saturated heterocycles. The third-order valence-electron chi connectivity index (χ3n) is 3.69. The molecule has 0 bridgehead atoms. The highest BCUT2D eigenvalue weighted by Gasteiger charge is 2.19. The van der Waals surface area contributed by atoms with Gasteiger partial charge in [0.1, 0.15) is 6.33 Å². The van der Waals surface area contributed by atoms with Crippen LogP contribution in [0.4, 0.5) is 5.69 Å². The Bertz CT molecular complexity index is 562. The lowest BCUT2D eigenvalue weighted by molar-refractivity contribution is 0.411. The average Bonchev–Trinajstić information content (AvgIpc) is 2.98. The molecule has 3 rings (SSSR count). The van der Waals surface area contributed by atoms with Crippen molar-refractivity contribution in [1.29, 1.82) is 0 Å². The van der Waals surface area contributed by atoms with E-state index in [2.05, 4.69) is 20.8 Å². The lowest BCUT2D eigenvalue weighted by atomic mass is 9.91. The summed E-state index contributed by atoms with van der Waals surface area (Å²) in [6.45, 7) is 0. The number of hydrogen-bond acceptors (Lipinski definition) is 5. The molecule has 0 atom stereocenters. The van der Waals surface area contributed by atoms with Gasteiger partial charge in [-0.3, -0.25) is 0 Å². The summed E-state index contributed by atoms with van der Waals surface area (Å²) in [5.74, 6) is 0. The van der Waals surface area contributed by atoms with E-state index in [9.17, 15) is 0 Å². The van der Waals surface area contributed by atoms with E-state index in [-0.39, 0.29) is 0 Å². The number of hydrogen-bond donors (Lipinski definition) is 2. The molecule has 0 radical (unpaired) electrons. The first-order chi connectivity index (χ1) is 9.72. The molecule has 1 fully saturated rings. The largest absolute Gasteiger partial charge is 0.381 e. The number of aromatic nitrogens is 4. The van der Waals surface area contributed by atoms with E-state index in [4.69, 9.17) is 17.3 Å². The van der Waals surface area contributed by atoms with E-state index in [1.54, 1.807) is 11.0 Å². The van der Waals surface area contributed by atoms with Gasteiger partial charge in [0.25, 0.3) is 0 Å². The summed E-state index contributed by atoms with van der Waals surface area (Å²) in [5, 5.41) is 15.4.